The third-order valence-electron chi connectivity index (χ3n) is 3.94. The van der Waals surface area contributed by atoms with Crippen molar-refractivity contribution in [2.75, 3.05) is 11.9 Å². The number of anilines is 1. The maximum Gasteiger partial charge on any atom is 0.337 e. The van der Waals surface area contributed by atoms with Crippen LogP contribution in [0.3, 0.4) is 0 Å². The average Bonchev–Trinajstić information content (AvgIpc) is 2.96. The SMILES string of the molecule is O=C(CN1C(=O)S/C(=C/C=C/c2ccccc2)C1=O)Nc1ccccc1C(=O)O. The van der Waals surface area contributed by atoms with Gasteiger partial charge in [-0.05, 0) is 35.5 Å². The Morgan fingerprint density at radius 2 is 1.72 bits per heavy atom. The van der Waals surface area contributed by atoms with Crippen molar-refractivity contribution in [2.24, 2.45) is 0 Å². The Kier molecular flexibility index (Phi) is 6.25. The third kappa shape index (κ3) is 4.99. The number of aromatic carboxylic acids is 1. The van der Waals surface area contributed by atoms with E-state index < -0.39 is 29.6 Å². The highest BCUT2D eigenvalue weighted by Gasteiger charge is 2.36. The first-order valence-corrected chi connectivity index (χ1v) is 9.36. The summed E-state index contributed by atoms with van der Waals surface area (Å²) in [4.78, 5) is 49.0. The quantitative estimate of drug-likeness (QED) is 0.708. The van der Waals surface area contributed by atoms with E-state index in [4.69, 9.17) is 5.11 Å². The smallest absolute Gasteiger partial charge is 0.337 e. The van der Waals surface area contributed by atoms with Gasteiger partial charge in [-0.2, -0.15) is 0 Å². The van der Waals surface area contributed by atoms with Gasteiger partial charge in [-0.25, -0.2) is 4.79 Å². The largest absolute Gasteiger partial charge is 0.478 e. The molecule has 2 aromatic rings. The Morgan fingerprint density at radius 1 is 1.03 bits per heavy atom. The molecule has 8 heteroatoms. The Labute approximate surface area is 170 Å². The van der Waals surface area contributed by atoms with Crippen LogP contribution in [0.15, 0.2) is 71.7 Å². The summed E-state index contributed by atoms with van der Waals surface area (Å²) < 4.78 is 0. The molecule has 0 aromatic heterocycles. The first-order chi connectivity index (χ1) is 14.0. The number of thioether (sulfide) groups is 1. The Hall–Kier alpha value is -3.65. The molecule has 1 fully saturated rings. The standard InChI is InChI=1S/C21H16N2O5S/c24-18(22-16-11-5-4-10-15(16)20(26)27)13-23-19(25)17(29-21(23)28)12-6-9-14-7-2-1-3-8-14/h1-12H,13H2,(H,22,24)(H,26,27)/b9-6+,17-12+. The molecule has 146 valence electrons. The molecule has 29 heavy (non-hydrogen) atoms. The van der Waals surface area contributed by atoms with Crippen molar-refractivity contribution in [2.45, 2.75) is 0 Å². The summed E-state index contributed by atoms with van der Waals surface area (Å²) in [5.41, 5.74) is 0.957. The van der Waals surface area contributed by atoms with Gasteiger partial charge in [0.1, 0.15) is 6.54 Å². The van der Waals surface area contributed by atoms with Crippen molar-refractivity contribution in [1.82, 2.24) is 4.90 Å². The van der Waals surface area contributed by atoms with Crippen molar-refractivity contribution < 1.29 is 24.3 Å². The molecule has 0 bridgehead atoms. The minimum absolute atomic E-state index is 0.0825. The van der Waals surface area contributed by atoms with E-state index >= 15 is 0 Å². The molecule has 0 saturated carbocycles. The fourth-order valence-electron chi connectivity index (χ4n) is 2.57. The van der Waals surface area contributed by atoms with Crippen LogP contribution in [0.25, 0.3) is 6.08 Å². The van der Waals surface area contributed by atoms with Crippen LogP contribution in [0.5, 0.6) is 0 Å². The highest BCUT2D eigenvalue weighted by molar-refractivity contribution is 8.18. The van der Waals surface area contributed by atoms with E-state index in [9.17, 15) is 19.2 Å². The normalized spacial score (nSPS) is 15.3. The van der Waals surface area contributed by atoms with Gasteiger partial charge in [-0.15, -0.1) is 0 Å². The molecule has 0 radical (unpaired) electrons. The van der Waals surface area contributed by atoms with Crippen molar-refractivity contribution in [3.8, 4) is 0 Å². The molecule has 3 rings (SSSR count). The monoisotopic (exact) mass is 408 g/mol. The lowest BCUT2D eigenvalue weighted by Gasteiger charge is -2.13. The lowest BCUT2D eigenvalue weighted by molar-refractivity contribution is -0.127. The van der Waals surface area contributed by atoms with Crippen molar-refractivity contribution >= 4 is 46.5 Å². The second-order valence-corrected chi connectivity index (χ2v) is 6.95. The zero-order valence-electron chi connectivity index (χ0n) is 15.1. The summed E-state index contributed by atoms with van der Waals surface area (Å²) in [6.07, 6.45) is 4.98. The summed E-state index contributed by atoms with van der Waals surface area (Å²) >= 11 is 0.746. The summed E-state index contributed by atoms with van der Waals surface area (Å²) in [7, 11) is 0. The fourth-order valence-corrected chi connectivity index (χ4v) is 3.36. The number of carbonyl (C=O) groups is 4. The summed E-state index contributed by atoms with van der Waals surface area (Å²) in [6.45, 7) is -0.502. The molecule has 0 spiro atoms. The first-order valence-electron chi connectivity index (χ1n) is 8.55. The van der Waals surface area contributed by atoms with E-state index in [1.54, 1.807) is 18.2 Å². The van der Waals surface area contributed by atoms with E-state index in [0.717, 1.165) is 22.2 Å². The van der Waals surface area contributed by atoms with Crippen molar-refractivity contribution in [1.29, 1.82) is 0 Å². The molecule has 1 saturated heterocycles. The molecule has 7 nitrogen and oxygen atoms in total. The number of carboxylic acid groups (broad SMARTS) is 1. The van der Waals surface area contributed by atoms with Gasteiger partial charge in [0, 0.05) is 0 Å². The lowest BCUT2D eigenvalue weighted by Crippen LogP contribution is -2.36. The van der Waals surface area contributed by atoms with E-state index in [-0.39, 0.29) is 16.2 Å². The van der Waals surface area contributed by atoms with Gasteiger partial charge in [0.2, 0.25) is 5.91 Å². The van der Waals surface area contributed by atoms with Crippen LogP contribution in [0.4, 0.5) is 10.5 Å². The van der Waals surface area contributed by atoms with Gasteiger partial charge < -0.3 is 10.4 Å². The number of imide groups is 1. The molecule has 0 unspecified atom stereocenters. The zero-order chi connectivity index (χ0) is 20.8. The predicted molar refractivity (Wildman–Crippen MR) is 110 cm³/mol. The van der Waals surface area contributed by atoms with Crippen LogP contribution in [0.2, 0.25) is 0 Å². The van der Waals surface area contributed by atoms with Gasteiger partial charge in [0.05, 0.1) is 16.2 Å². The number of nitrogens with one attached hydrogen (secondary N) is 1. The second-order valence-electron chi connectivity index (χ2n) is 5.96. The first kappa shape index (κ1) is 20.1. The van der Waals surface area contributed by atoms with E-state index in [1.807, 2.05) is 30.3 Å². The zero-order valence-corrected chi connectivity index (χ0v) is 15.9. The van der Waals surface area contributed by atoms with E-state index in [1.165, 1.54) is 24.3 Å². The van der Waals surface area contributed by atoms with Crippen LogP contribution < -0.4 is 5.32 Å². The molecule has 1 aliphatic heterocycles. The maximum atomic E-state index is 12.4. The molecule has 1 heterocycles. The Morgan fingerprint density at radius 3 is 2.45 bits per heavy atom. The summed E-state index contributed by atoms with van der Waals surface area (Å²) in [5.74, 6) is -2.43. The molecule has 3 amide bonds. The number of rotatable bonds is 6. The average molecular weight is 408 g/mol. The number of hydrogen-bond acceptors (Lipinski definition) is 5. The van der Waals surface area contributed by atoms with Gasteiger partial charge >= 0.3 is 5.97 Å². The Bertz CT molecular complexity index is 1030. The highest BCUT2D eigenvalue weighted by atomic mass is 32.2. The van der Waals surface area contributed by atoms with Gasteiger partial charge in [0.25, 0.3) is 11.1 Å². The van der Waals surface area contributed by atoms with Crippen LogP contribution in [0, 0.1) is 0 Å². The molecule has 1 aliphatic rings. The van der Waals surface area contributed by atoms with Crippen LogP contribution in [0.1, 0.15) is 15.9 Å². The molecule has 0 aliphatic carbocycles. The highest BCUT2D eigenvalue weighted by Crippen LogP contribution is 2.30. The summed E-state index contributed by atoms with van der Waals surface area (Å²) in [6, 6.07) is 15.3. The van der Waals surface area contributed by atoms with Crippen molar-refractivity contribution in [3.05, 3.63) is 82.8 Å². The molecular weight excluding hydrogens is 392 g/mol. The van der Waals surface area contributed by atoms with Crippen molar-refractivity contribution in [3.63, 3.8) is 0 Å². The second kappa shape index (κ2) is 9.03. The summed E-state index contributed by atoms with van der Waals surface area (Å²) in [5, 5.41) is 11.0. The van der Waals surface area contributed by atoms with Gasteiger partial charge in [0.15, 0.2) is 0 Å². The molecule has 2 aromatic carbocycles. The predicted octanol–water partition coefficient (Wildman–Crippen LogP) is 3.62. The van der Waals surface area contributed by atoms with Gasteiger partial charge in [-0.3, -0.25) is 19.3 Å². The fraction of sp³-hybridized carbons (Fsp3) is 0.0476. The van der Waals surface area contributed by atoms with Crippen LogP contribution in [-0.2, 0) is 9.59 Å². The number of hydrogen-bond donors (Lipinski definition) is 2. The third-order valence-corrected chi connectivity index (χ3v) is 4.87. The number of carboxylic acids is 1. The minimum atomic E-state index is -1.19. The number of carbonyl (C=O) groups excluding carboxylic acids is 3. The number of benzene rings is 2. The maximum absolute atomic E-state index is 12.4. The topological polar surface area (TPSA) is 104 Å². The lowest BCUT2D eigenvalue weighted by atomic mass is 10.2. The minimum Gasteiger partial charge on any atom is -0.478 e. The molecule has 2 N–H and O–H groups in total. The van der Waals surface area contributed by atoms with E-state index in [2.05, 4.69) is 5.32 Å². The van der Waals surface area contributed by atoms with Gasteiger partial charge in [-0.1, -0.05) is 54.6 Å². The number of nitrogens with zero attached hydrogens (tertiary/aromatic N) is 1. The Balaban J connectivity index is 1.66. The number of para-hydroxylation sites is 1. The van der Waals surface area contributed by atoms with Crippen LogP contribution >= 0.6 is 11.8 Å². The molecule has 0 atom stereocenters. The molecular formula is C21H16N2O5S. The van der Waals surface area contributed by atoms with E-state index in [0.29, 0.717) is 0 Å². The number of allylic oxidation sites excluding steroid dienone is 2. The van der Waals surface area contributed by atoms with Crippen LogP contribution in [-0.4, -0.2) is 39.6 Å². The number of amides is 3.